The van der Waals surface area contributed by atoms with E-state index < -0.39 is 0 Å². The summed E-state index contributed by atoms with van der Waals surface area (Å²) in [4.78, 5) is 22.9. The molecule has 1 aromatic carbocycles. The molecule has 24 heavy (non-hydrogen) atoms. The summed E-state index contributed by atoms with van der Waals surface area (Å²) in [6, 6.07) is 9.85. The van der Waals surface area contributed by atoms with Gasteiger partial charge in [-0.25, -0.2) is 9.97 Å². The van der Waals surface area contributed by atoms with Gasteiger partial charge in [0.1, 0.15) is 0 Å². The van der Waals surface area contributed by atoms with Gasteiger partial charge in [-0.2, -0.15) is 5.26 Å². The molecule has 6 heteroatoms. The highest BCUT2D eigenvalue weighted by Gasteiger charge is 2.45. The molecule has 2 aliphatic rings. The van der Waals surface area contributed by atoms with Crippen LogP contribution in [0.25, 0.3) is 0 Å². The van der Waals surface area contributed by atoms with Crippen LogP contribution < -0.4 is 5.73 Å². The van der Waals surface area contributed by atoms with Crippen molar-refractivity contribution in [3.05, 3.63) is 52.8 Å². The number of hydrogen-bond donors (Lipinski definition) is 1. The number of nitriles is 1. The van der Waals surface area contributed by atoms with Gasteiger partial charge >= 0.3 is 0 Å². The van der Waals surface area contributed by atoms with Crippen LogP contribution in [0, 0.1) is 11.3 Å². The number of amides is 1. The topological polar surface area (TPSA) is 95.9 Å². The standard InChI is InChI=1S/C18H17N5O/c19-11-18(5-6-18)14-3-1-2-12(8-14)16(24)23-7-4-13-9-21-17(20)22-15(13)10-23/h1-3,8-9H,4-7,10H2,(H2,20,21,22). The van der Waals surface area contributed by atoms with E-state index in [-0.39, 0.29) is 17.3 Å². The van der Waals surface area contributed by atoms with Crippen molar-refractivity contribution in [3.63, 3.8) is 0 Å². The maximum Gasteiger partial charge on any atom is 0.254 e. The van der Waals surface area contributed by atoms with Gasteiger partial charge in [-0.15, -0.1) is 0 Å². The molecule has 0 spiro atoms. The van der Waals surface area contributed by atoms with Crippen molar-refractivity contribution < 1.29 is 4.79 Å². The zero-order valence-electron chi connectivity index (χ0n) is 13.2. The van der Waals surface area contributed by atoms with E-state index in [9.17, 15) is 10.1 Å². The SMILES string of the molecule is N#CC1(c2cccc(C(=O)N3CCc4cnc(N)nc4C3)c2)CC1. The van der Waals surface area contributed by atoms with Gasteiger partial charge in [0.15, 0.2) is 0 Å². The monoisotopic (exact) mass is 319 g/mol. The number of fused-ring (bicyclic) bond motifs is 1. The third-order valence-corrected chi connectivity index (χ3v) is 4.88. The Balaban J connectivity index is 1.59. The fourth-order valence-corrected chi connectivity index (χ4v) is 3.21. The molecule has 0 bridgehead atoms. The Hall–Kier alpha value is -2.94. The van der Waals surface area contributed by atoms with E-state index in [2.05, 4.69) is 16.0 Å². The van der Waals surface area contributed by atoms with Gasteiger partial charge in [0, 0.05) is 18.3 Å². The van der Waals surface area contributed by atoms with E-state index in [1.54, 1.807) is 11.1 Å². The molecule has 1 aliphatic carbocycles. The van der Waals surface area contributed by atoms with Crippen LogP contribution in [0.2, 0.25) is 0 Å². The smallest absolute Gasteiger partial charge is 0.254 e. The minimum atomic E-state index is -0.382. The molecule has 120 valence electrons. The molecule has 1 fully saturated rings. The van der Waals surface area contributed by atoms with Crippen LogP contribution in [0.1, 0.15) is 40.0 Å². The fraction of sp³-hybridized carbons (Fsp3) is 0.333. The van der Waals surface area contributed by atoms with E-state index in [1.807, 2.05) is 24.3 Å². The number of nitrogen functional groups attached to an aromatic ring is 1. The second-order valence-electron chi connectivity index (χ2n) is 6.45. The number of nitrogens with two attached hydrogens (primary N) is 1. The molecule has 4 rings (SSSR count). The van der Waals surface area contributed by atoms with Crippen molar-refractivity contribution in [3.8, 4) is 6.07 Å². The zero-order valence-corrected chi connectivity index (χ0v) is 13.2. The lowest BCUT2D eigenvalue weighted by atomic mass is 9.95. The summed E-state index contributed by atoms with van der Waals surface area (Å²) < 4.78 is 0. The minimum Gasteiger partial charge on any atom is -0.368 e. The molecule has 1 aromatic heterocycles. The zero-order chi connectivity index (χ0) is 16.7. The van der Waals surface area contributed by atoms with Crippen LogP contribution >= 0.6 is 0 Å². The highest BCUT2D eigenvalue weighted by molar-refractivity contribution is 5.94. The lowest BCUT2D eigenvalue weighted by Gasteiger charge is -2.28. The van der Waals surface area contributed by atoms with Crippen LogP contribution in [-0.4, -0.2) is 27.3 Å². The molecule has 1 amide bonds. The van der Waals surface area contributed by atoms with E-state index >= 15 is 0 Å². The predicted molar refractivity (Wildman–Crippen MR) is 87.9 cm³/mol. The van der Waals surface area contributed by atoms with Crippen molar-refractivity contribution in [2.75, 3.05) is 12.3 Å². The molecule has 0 radical (unpaired) electrons. The first kappa shape index (κ1) is 14.6. The van der Waals surface area contributed by atoms with E-state index in [4.69, 9.17) is 5.73 Å². The summed E-state index contributed by atoms with van der Waals surface area (Å²) in [6.45, 7) is 1.07. The normalized spacial score (nSPS) is 17.7. The molecular weight excluding hydrogens is 302 g/mol. The Labute approximate surface area is 139 Å². The molecule has 2 heterocycles. The Kier molecular flexibility index (Phi) is 3.24. The van der Waals surface area contributed by atoms with Gasteiger partial charge in [0.2, 0.25) is 5.95 Å². The molecule has 1 aliphatic heterocycles. The molecule has 1 saturated carbocycles. The maximum atomic E-state index is 12.9. The molecule has 0 atom stereocenters. The van der Waals surface area contributed by atoms with Gasteiger partial charge in [-0.05, 0) is 42.5 Å². The van der Waals surface area contributed by atoms with Gasteiger partial charge < -0.3 is 10.6 Å². The molecule has 0 unspecified atom stereocenters. The van der Waals surface area contributed by atoms with Crippen molar-refractivity contribution in [1.29, 1.82) is 5.26 Å². The van der Waals surface area contributed by atoms with E-state index in [0.717, 1.165) is 36.1 Å². The third kappa shape index (κ3) is 2.38. The number of aromatic nitrogens is 2. The number of benzene rings is 1. The summed E-state index contributed by atoms with van der Waals surface area (Å²) in [5.41, 5.74) is 8.69. The van der Waals surface area contributed by atoms with Crippen LogP contribution in [0.3, 0.4) is 0 Å². The van der Waals surface area contributed by atoms with E-state index in [1.165, 1.54) is 0 Å². The summed E-state index contributed by atoms with van der Waals surface area (Å²) in [7, 11) is 0. The van der Waals surface area contributed by atoms with Gasteiger partial charge in [-0.3, -0.25) is 4.79 Å². The van der Waals surface area contributed by atoms with Crippen LogP contribution in [0.4, 0.5) is 5.95 Å². The fourth-order valence-electron chi connectivity index (χ4n) is 3.21. The van der Waals surface area contributed by atoms with Crippen LogP contribution in [0.5, 0.6) is 0 Å². The first-order valence-corrected chi connectivity index (χ1v) is 8.03. The highest BCUT2D eigenvalue weighted by Crippen LogP contribution is 2.47. The Morgan fingerprint density at radius 3 is 2.96 bits per heavy atom. The summed E-state index contributed by atoms with van der Waals surface area (Å²) in [6.07, 6.45) is 4.20. The lowest BCUT2D eigenvalue weighted by molar-refractivity contribution is 0.0731. The molecular formula is C18H17N5O. The number of rotatable bonds is 2. The average molecular weight is 319 g/mol. The lowest BCUT2D eigenvalue weighted by Crippen LogP contribution is -2.36. The summed E-state index contributed by atoms with van der Waals surface area (Å²) >= 11 is 0. The Morgan fingerprint density at radius 2 is 2.21 bits per heavy atom. The van der Waals surface area contributed by atoms with Gasteiger partial charge in [-0.1, -0.05) is 12.1 Å². The predicted octanol–water partition coefficient (Wildman–Crippen LogP) is 1.81. The number of nitrogens with zero attached hydrogens (tertiary/aromatic N) is 4. The van der Waals surface area contributed by atoms with Crippen molar-refractivity contribution in [2.45, 2.75) is 31.2 Å². The van der Waals surface area contributed by atoms with Gasteiger partial charge in [0.05, 0.1) is 23.7 Å². The van der Waals surface area contributed by atoms with Crippen LogP contribution in [-0.2, 0) is 18.4 Å². The number of anilines is 1. The Morgan fingerprint density at radius 1 is 1.38 bits per heavy atom. The number of hydrogen-bond acceptors (Lipinski definition) is 5. The minimum absolute atomic E-state index is 0.0339. The van der Waals surface area contributed by atoms with E-state index in [0.29, 0.717) is 18.7 Å². The number of carbonyl (C=O) groups excluding carboxylic acids is 1. The summed E-state index contributed by atoms with van der Waals surface area (Å²) in [5.74, 6) is 0.197. The molecule has 2 aromatic rings. The molecule has 0 saturated heterocycles. The first-order valence-electron chi connectivity index (χ1n) is 8.03. The summed E-state index contributed by atoms with van der Waals surface area (Å²) in [5, 5.41) is 9.35. The van der Waals surface area contributed by atoms with Crippen molar-refractivity contribution >= 4 is 11.9 Å². The van der Waals surface area contributed by atoms with Gasteiger partial charge in [0.25, 0.3) is 5.91 Å². The molecule has 2 N–H and O–H groups in total. The second kappa shape index (κ2) is 5.31. The third-order valence-electron chi connectivity index (χ3n) is 4.88. The quantitative estimate of drug-likeness (QED) is 0.910. The van der Waals surface area contributed by atoms with Crippen molar-refractivity contribution in [1.82, 2.24) is 14.9 Å². The largest absolute Gasteiger partial charge is 0.368 e. The van der Waals surface area contributed by atoms with Crippen molar-refractivity contribution in [2.24, 2.45) is 0 Å². The average Bonchev–Trinajstić information content (AvgIpc) is 3.42. The number of carbonyl (C=O) groups is 1. The van der Waals surface area contributed by atoms with Crippen LogP contribution in [0.15, 0.2) is 30.5 Å². The first-order chi connectivity index (χ1) is 11.6. The Bertz CT molecular complexity index is 866. The second-order valence-corrected chi connectivity index (χ2v) is 6.45. The highest BCUT2D eigenvalue weighted by atomic mass is 16.2. The molecule has 6 nitrogen and oxygen atoms in total. The maximum absolute atomic E-state index is 12.9.